The summed E-state index contributed by atoms with van der Waals surface area (Å²) in [6.45, 7) is 6.91. The second-order valence-electron chi connectivity index (χ2n) is 8.16. The van der Waals surface area contributed by atoms with Crippen LogP contribution in [0.25, 0.3) is 0 Å². The van der Waals surface area contributed by atoms with Crippen LogP contribution in [0.1, 0.15) is 59.7 Å². The molecule has 2 heterocycles. The van der Waals surface area contributed by atoms with Crippen LogP contribution in [0.3, 0.4) is 0 Å². The summed E-state index contributed by atoms with van der Waals surface area (Å²) in [6.07, 6.45) is 2.88. The second-order valence-corrected chi connectivity index (χ2v) is 9.26. The minimum absolute atomic E-state index is 0.00574. The molecule has 1 aliphatic carbocycles. The summed E-state index contributed by atoms with van der Waals surface area (Å²) in [5.74, 6) is 0.858. The lowest BCUT2D eigenvalue weighted by Gasteiger charge is -2.34. The number of nitrogens with one attached hydrogen (secondary N) is 2. The average molecular weight is 356 g/mol. The van der Waals surface area contributed by atoms with E-state index in [1.807, 2.05) is 6.07 Å². The maximum Gasteiger partial charge on any atom is 0.256 e. The van der Waals surface area contributed by atoms with Crippen molar-refractivity contribution >= 4 is 22.2 Å². The molecule has 0 unspecified atom stereocenters. The first-order valence-corrected chi connectivity index (χ1v) is 9.65. The monoisotopic (exact) mass is 356 g/mol. The Balaban J connectivity index is 1.66. The molecule has 0 radical (unpaired) electrons. The number of carbonyl (C=O) groups excluding carboxylic acids is 1. The van der Waals surface area contributed by atoms with Gasteiger partial charge < -0.3 is 15.7 Å². The van der Waals surface area contributed by atoms with Crippen LogP contribution in [0.5, 0.6) is 5.75 Å². The van der Waals surface area contributed by atoms with E-state index in [1.165, 1.54) is 10.4 Å². The molecule has 2 aromatic rings. The van der Waals surface area contributed by atoms with Crippen LogP contribution in [0.4, 0.5) is 5.00 Å². The molecular weight excluding hydrogens is 332 g/mol. The van der Waals surface area contributed by atoms with Crippen molar-refractivity contribution in [1.82, 2.24) is 5.32 Å². The molecule has 1 amide bonds. The van der Waals surface area contributed by atoms with Crippen LogP contribution in [0, 0.1) is 11.3 Å². The zero-order chi connectivity index (χ0) is 17.8. The highest BCUT2D eigenvalue weighted by Crippen LogP contribution is 2.46. The number of amides is 1. The highest BCUT2D eigenvalue weighted by molar-refractivity contribution is 7.16. The fourth-order valence-electron chi connectivity index (χ4n) is 3.91. The van der Waals surface area contributed by atoms with E-state index in [9.17, 15) is 9.90 Å². The van der Waals surface area contributed by atoms with Crippen molar-refractivity contribution in [2.24, 2.45) is 11.3 Å². The molecule has 25 heavy (non-hydrogen) atoms. The van der Waals surface area contributed by atoms with Crippen molar-refractivity contribution in [3.63, 3.8) is 0 Å². The van der Waals surface area contributed by atoms with Crippen molar-refractivity contribution in [3.8, 4) is 5.75 Å². The van der Waals surface area contributed by atoms with E-state index in [-0.39, 0.29) is 17.8 Å². The van der Waals surface area contributed by atoms with E-state index >= 15 is 0 Å². The van der Waals surface area contributed by atoms with E-state index in [1.54, 1.807) is 29.5 Å². The van der Waals surface area contributed by atoms with E-state index < -0.39 is 0 Å². The summed E-state index contributed by atoms with van der Waals surface area (Å²) >= 11 is 1.73. The predicted molar refractivity (Wildman–Crippen MR) is 101 cm³/mol. The number of aromatic hydroxyl groups is 1. The quantitative estimate of drug-likeness (QED) is 0.707. The molecule has 2 atom stereocenters. The minimum atomic E-state index is -0.300. The van der Waals surface area contributed by atoms with Crippen molar-refractivity contribution in [2.45, 2.75) is 46.2 Å². The first-order chi connectivity index (χ1) is 11.8. The Kier molecular flexibility index (Phi) is 3.80. The smallest absolute Gasteiger partial charge is 0.256 e. The van der Waals surface area contributed by atoms with Gasteiger partial charge in [-0.2, -0.15) is 0 Å². The Morgan fingerprint density at radius 1 is 1.24 bits per heavy atom. The highest BCUT2D eigenvalue weighted by atomic mass is 32.1. The summed E-state index contributed by atoms with van der Waals surface area (Å²) < 4.78 is 0. The van der Waals surface area contributed by atoms with Crippen LogP contribution < -0.4 is 10.6 Å². The maximum atomic E-state index is 12.8. The zero-order valence-corrected chi connectivity index (χ0v) is 15.7. The number of benzene rings is 1. The molecule has 4 nitrogen and oxygen atoms in total. The molecular formula is C20H24N2O2S. The molecule has 0 fully saturated rings. The highest BCUT2D eigenvalue weighted by Gasteiger charge is 2.36. The van der Waals surface area contributed by atoms with Crippen molar-refractivity contribution in [2.75, 3.05) is 5.32 Å². The fourth-order valence-corrected chi connectivity index (χ4v) is 5.26. The number of phenolic OH excluding ortho intramolecular Hbond substituents is 1. The van der Waals surface area contributed by atoms with Gasteiger partial charge in [-0.05, 0) is 53.9 Å². The summed E-state index contributed by atoms with van der Waals surface area (Å²) in [5.41, 5.74) is 3.23. The third kappa shape index (κ3) is 2.91. The second kappa shape index (κ2) is 5.77. The zero-order valence-electron chi connectivity index (χ0n) is 14.8. The third-order valence-electron chi connectivity index (χ3n) is 5.47. The fraction of sp³-hybridized carbons (Fsp3) is 0.450. The number of hydrogen-bond acceptors (Lipinski definition) is 4. The van der Waals surface area contributed by atoms with Gasteiger partial charge in [0.15, 0.2) is 0 Å². The Labute approximate surface area is 152 Å². The largest absolute Gasteiger partial charge is 0.508 e. The first-order valence-electron chi connectivity index (χ1n) is 8.84. The van der Waals surface area contributed by atoms with Gasteiger partial charge in [0.25, 0.3) is 5.91 Å². The van der Waals surface area contributed by atoms with Crippen LogP contribution >= 0.6 is 11.3 Å². The number of hydrogen-bond donors (Lipinski definition) is 3. The molecule has 5 heteroatoms. The Morgan fingerprint density at radius 2 is 2.04 bits per heavy atom. The van der Waals surface area contributed by atoms with Gasteiger partial charge in [0.1, 0.15) is 16.9 Å². The third-order valence-corrected chi connectivity index (χ3v) is 6.66. The number of anilines is 1. The average Bonchev–Trinajstić information content (AvgIpc) is 2.92. The van der Waals surface area contributed by atoms with Gasteiger partial charge in [-0.15, -0.1) is 11.3 Å². The first kappa shape index (κ1) is 16.5. The van der Waals surface area contributed by atoms with Crippen molar-refractivity contribution < 1.29 is 9.90 Å². The maximum absolute atomic E-state index is 12.8. The molecule has 3 N–H and O–H groups in total. The lowest BCUT2D eigenvalue weighted by Crippen LogP contribution is -2.38. The number of thiophene rings is 1. The number of phenols is 1. The molecule has 0 saturated carbocycles. The molecule has 4 rings (SSSR count). The molecule has 0 spiro atoms. The molecule has 0 saturated heterocycles. The Hall–Kier alpha value is -2.01. The van der Waals surface area contributed by atoms with Gasteiger partial charge in [-0.1, -0.05) is 32.9 Å². The molecule has 1 aliphatic heterocycles. The number of fused-ring (bicyclic) bond motifs is 3. The Morgan fingerprint density at radius 3 is 2.76 bits per heavy atom. The van der Waals surface area contributed by atoms with Crippen molar-refractivity contribution in [1.29, 1.82) is 0 Å². The molecule has 2 aliphatic rings. The van der Waals surface area contributed by atoms with E-state index in [2.05, 4.69) is 31.4 Å². The van der Waals surface area contributed by atoms with Crippen LogP contribution in [-0.2, 0) is 12.8 Å². The van der Waals surface area contributed by atoms with Crippen LogP contribution in [0.2, 0.25) is 0 Å². The van der Waals surface area contributed by atoms with Gasteiger partial charge in [-0.3, -0.25) is 4.79 Å². The molecule has 132 valence electrons. The summed E-state index contributed by atoms with van der Waals surface area (Å²) in [6, 6.07) is 7.02. The predicted octanol–water partition coefficient (Wildman–Crippen LogP) is 4.46. The van der Waals surface area contributed by atoms with Gasteiger partial charge in [0.05, 0.1) is 5.56 Å². The summed E-state index contributed by atoms with van der Waals surface area (Å²) in [5, 5.41) is 17.2. The van der Waals surface area contributed by atoms with Gasteiger partial charge >= 0.3 is 0 Å². The van der Waals surface area contributed by atoms with Crippen LogP contribution in [0.15, 0.2) is 24.3 Å². The van der Waals surface area contributed by atoms with E-state index in [0.29, 0.717) is 11.3 Å². The molecule has 1 aromatic heterocycles. The van der Waals surface area contributed by atoms with E-state index in [4.69, 9.17) is 0 Å². The normalized spacial score (nSPS) is 22.6. The van der Waals surface area contributed by atoms with Gasteiger partial charge in [0, 0.05) is 4.88 Å². The van der Waals surface area contributed by atoms with Gasteiger partial charge in [0.2, 0.25) is 0 Å². The topological polar surface area (TPSA) is 61.4 Å². The number of rotatable bonds is 1. The lowest BCUT2D eigenvalue weighted by molar-refractivity contribution is 0.0934. The van der Waals surface area contributed by atoms with Crippen LogP contribution in [-0.4, -0.2) is 11.0 Å². The summed E-state index contributed by atoms with van der Waals surface area (Å²) in [4.78, 5) is 14.1. The Bertz CT molecular complexity index is 835. The molecule has 1 aromatic carbocycles. The van der Waals surface area contributed by atoms with E-state index in [0.717, 1.165) is 35.4 Å². The summed E-state index contributed by atoms with van der Waals surface area (Å²) in [7, 11) is 0. The standard InChI is InChI=1S/C20H24N2O2S/c1-20(2,3)12-7-8-14-15(10-12)25-19-16(14)18(24)21-17(22-19)11-5-4-6-13(23)9-11/h4-6,9,12,17,22-23H,7-8,10H2,1-3H3,(H,21,24)/t12-,17+/m1/s1. The lowest BCUT2D eigenvalue weighted by atomic mass is 9.72. The van der Waals surface area contributed by atoms with Crippen molar-refractivity contribution in [3.05, 3.63) is 45.8 Å². The minimum Gasteiger partial charge on any atom is -0.508 e. The molecule has 0 bridgehead atoms. The number of carbonyl (C=O) groups is 1. The van der Waals surface area contributed by atoms with Gasteiger partial charge in [-0.25, -0.2) is 0 Å². The SMILES string of the molecule is CC(C)(C)[C@@H]1CCc2c(sc3c2C(=O)N[C@H](c2cccc(O)c2)N3)C1.